The van der Waals surface area contributed by atoms with Gasteiger partial charge in [-0.2, -0.15) is 11.8 Å². The normalized spacial score (nSPS) is 24.4. The van der Waals surface area contributed by atoms with Crippen molar-refractivity contribution >= 4 is 27.5 Å². The summed E-state index contributed by atoms with van der Waals surface area (Å²) in [7, 11) is -2.96. The number of rotatable bonds is 6. The highest BCUT2D eigenvalue weighted by Gasteiger charge is 2.25. The zero-order chi connectivity index (χ0) is 13.6. The quantitative estimate of drug-likeness (QED) is 0.722. The molecule has 2 unspecified atom stereocenters. The molecule has 1 aliphatic rings. The van der Waals surface area contributed by atoms with Crippen molar-refractivity contribution in [3.8, 4) is 0 Å². The van der Waals surface area contributed by atoms with Crippen molar-refractivity contribution in [3.63, 3.8) is 0 Å². The third-order valence-corrected chi connectivity index (χ3v) is 5.79. The summed E-state index contributed by atoms with van der Waals surface area (Å²) < 4.78 is 22.8. The van der Waals surface area contributed by atoms with Crippen LogP contribution >= 0.6 is 11.8 Å². The van der Waals surface area contributed by atoms with Crippen molar-refractivity contribution in [1.29, 1.82) is 0 Å². The summed E-state index contributed by atoms with van der Waals surface area (Å²) in [4.78, 5) is 11.6. The van der Waals surface area contributed by atoms with Crippen LogP contribution in [0.1, 0.15) is 19.8 Å². The fourth-order valence-corrected chi connectivity index (χ4v) is 3.62. The van der Waals surface area contributed by atoms with Crippen LogP contribution in [0.25, 0.3) is 0 Å². The fraction of sp³-hybridized carbons (Fsp3) is 0.909. The Morgan fingerprint density at radius 3 is 2.89 bits per heavy atom. The molecule has 0 saturated carbocycles. The molecule has 0 aromatic carbocycles. The molecule has 0 radical (unpaired) electrons. The lowest BCUT2D eigenvalue weighted by molar-refractivity contribution is -0.121. The van der Waals surface area contributed by atoms with E-state index in [1.54, 1.807) is 11.8 Å². The first-order valence-electron chi connectivity index (χ1n) is 6.16. The second-order valence-electron chi connectivity index (χ2n) is 4.65. The summed E-state index contributed by atoms with van der Waals surface area (Å²) in [5, 5.41) is 6.43. The molecule has 5 nitrogen and oxygen atoms in total. The van der Waals surface area contributed by atoms with Crippen LogP contribution < -0.4 is 10.6 Å². The van der Waals surface area contributed by atoms with E-state index < -0.39 is 9.84 Å². The molecule has 1 amide bonds. The molecule has 106 valence electrons. The third-order valence-electron chi connectivity index (χ3n) is 3.01. The topological polar surface area (TPSA) is 75.3 Å². The van der Waals surface area contributed by atoms with Gasteiger partial charge in [-0.25, -0.2) is 8.42 Å². The molecule has 0 aromatic heterocycles. The van der Waals surface area contributed by atoms with E-state index in [0.717, 1.165) is 6.42 Å². The van der Waals surface area contributed by atoms with E-state index >= 15 is 0 Å². The molecule has 0 aliphatic carbocycles. The molecule has 0 bridgehead atoms. The van der Waals surface area contributed by atoms with Gasteiger partial charge >= 0.3 is 0 Å². The number of hydrogen-bond donors (Lipinski definition) is 2. The smallest absolute Gasteiger partial charge is 0.221 e. The van der Waals surface area contributed by atoms with Crippen LogP contribution in [0.2, 0.25) is 0 Å². The van der Waals surface area contributed by atoms with Crippen LogP contribution in [0, 0.1) is 0 Å². The molecule has 7 heteroatoms. The van der Waals surface area contributed by atoms with Crippen molar-refractivity contribution < 1.29 is 13.2 Å². The Balaban J connectivity index is 2.24. The average molecular weight is 294 g/mol. The monoisotopic (exact) mass is 294 g/mol. The first-order chi connectivity index (χ1) is 8.43. The van der Waals surface area contributed by atoms with Gasteiger partial charge in [0.2, 0.25) is 5.91 Å². The Bertz CT molecular complexity index is 370. The standard InChI is InChI=1S/C11H22N2O3S2/c1-9(17-2)3-4-13-11(14)7-10-8-18(15,16)6-5-12-10/h9-10,12H,3-8H2,1-2H3,(H,13,14). The highest BCUT2D eigenvalue weighted by molar-refractivity contribution is 7.99. The molecule has 1 aliphatic heterocycles. The van der Waals surface area contributed by atoms with E-state index in [-0.39, 0.29) is 29.9 Å². The van der Waals surface area contributed by atoms with Crippen LogP contribution in [0.4, 0.5) is 0 Å². The minimum atomic E-state index is -2.96. The molecule has 1 rings (SSSR count). The molecular weight excluding hydrogens is 272 g/mol. The minimum absolute atomic E-state index is 0.0711. The first kappa shape index (κ1) is 15.8. The van der Waals surface area contributed by atoms with Crippen LogP contribution in [0.3, 0.4) is 0 Å². The van der Waals surface area contributed by atoms with Crippen molar-refractivity contribution in [1.82, 2.24) is 10.6 Å². The zero-order valence-electron chi connectivity index (χ0n) is 10.9. The van der Waals surface area contributed by atoms with Crippen LogP contribution in [-0.2, 0) is 14.6 Å². The van der Waals surface area contributed by atoms with Crippen molar-refractivity contribution in [3.05, 3.63) is 0 Å². The molecule has 18 heavy (non-hydrogen) atoms. The van der Waals surface area contributed by atoms with E-state index in [4.69, 9.17) is 0 Å². The Morgan fingerprint density at radius 1 is 1.56 bits per heavy atom. The number of amides is 1. The van der Waals surface area contributed by atoms with Crippen molar-refractivity contribution in [2.45, 2.75) is 31.1 Å². The molecule has 0 aromatic rings. The number of nitrogens with one attached hydrogen (secondary N) is 2. The maximum absolute atomic E-state index is 11.6. The van der Waals surface area contributed by atoms with E-state index in [2.05, 4.69) is 17.6 Å². The molecule has 0 spiro atoms. The van der Waals surface area contributed by atoms with Crippen molar-refractivity contribution in [2.75, 3.05) is 30.9 Å². The van der Waals surface area contributed by atoms with Gasteiger partial charge < -0.3 is 10.6 Å². The van der Waals surface area contributed by atoms with Gasteiger partial charge in [-0.15, -0.1) is 0 Å². The molecule has 1 heterocycles. The average Bonchev–Trinajstić information content (AvgIpc) is 2.27. The van der Waals surface area contributed by atoms with Gasteiger partial charge in [0.1, 0.15) is 0 Å². The number of carbonyl (C=O) groups is 1. The lowest BCUT2D eigenvalue weighted by Crippen LogP contribution is -2.47. The summed E-state index contributed by atoms with van der Waals surface area (Å²) in [5.41, 5.74) is 0. The predicted molar refractivity (Wildman–Crippen MR) is 75.7 cm³/mol. The molecule has 1 saturated heterocycles. The van der Waals surface area contributed by atoms with Gasteiger partial charge in [-0.1, -0.05) is 6.92 Å². The number of sulfone groups is 1. The van der Waals surface area contributed by atoms with Gasteiger partial charge in [0.25, 0.3) is 0 Å². The molecule has 1 fully saturated rings. The summed E-state index contributed by atoms with van der Waals surface area (Å²) in [6.07, 6.45) is 3.22. The van der Waals surface area contributed by atoms with Crippen LogP contribution in [0.5, 0.6) is 0 Å². The van der Waals surface area contributed by atoms with E-state index in [1.165, 1.54) is 0 Å². The molecule has 2 atom stereocenters. The predicted octanol–water partition coefficient (Wildman–Crippen LogP) is 0.0209. The zero-order valence-corrected chi connectivity index (χ0v) is 12.6. The van der Waals surface area contributed by atoms with Gasteiger partial charge in [-0.3, -0.25) is 4.79 Å². The number of carbonyl (C=O) groups excluding carboxylic acids is 1. The molecular formula is C11H22N2O3S2. The minimum Gasteiger partial charge on any atom is -0.356 e. The summed E-state index contributed by atoms with van der Waals surface area (Å²) in [6, 6.07) is -0.235. The Morgan fingerprint density at radius 2 is 2.28 bits per heavy atom. The Hall–Kier alpha value is -0.270. The SMILES string of the molecule is CSC(C)CCNC(=O)CC1CS(=O)(=O)CCN1. The Labute approximate surface area is 113 Å². The highest BCUT2D eigenvalue weighted by atomic mass is 32.2. The van der Waals surface area contributed by atoms with Crippen molar-refractivity contribution in [2.24, 2.45) is 0 Å². The maximum Gasteiger partial charge on any atom is 0.221 e. The molecule has 2 N–H and O–H groups in total. The largest absolute Gasteiger partial charge is 0.356 e. The summed E-state index contributed by atoms with van der Waals surface area (Å²) >= 11 is 1.77. The second kappa shape index (κ2) is 7.35. The maximum atomic E-state index is 11.6. The van der Waals surface area contributed by atoms with Gasteiger partial charge in [0.15, 0.2) is 9.84 Å². The third kappa shape index (κ3) is 6.06. The first-order valence-corrected chi connectivity index (χ1v) is 9.27. The lowest BCUT2D eigenvalue weighted by Gasteiger charge is -2.23. The van der Waals surface area contributed by atoms with E-state index in [0.29, 0.717) is 18.3 Å². The Kier molecular flexibility index (Phi) is 6.45. The lowest BCUT2D eigenvalue weighted by atomic mass is 10.2. The van der Waals surface area contributed by atoms with Gasteiger partial charge in [0, 0.05) is 30.8 Å². The highest BCUT2D eigenvalue weighted by Crippen LogP contribution is 2.08. The summed E-state index contributed by atoms with van der Waals surface area (Å²) in [6.45, 7) is 3.22. The van der Waals surface area contributed by atoms with Crippen LogP contribution in [-0.4, -0.2) is 56.5 Å². The van der Waals surface area contributed by atoms with Gasteiger partial charge in [-0.05, 0) is 12.7 Å². The summed E-state index contributed by atoms with van der Waals surface area (Å²) in [5.74, 6) is 0.177. The van der Waals surface area contributed by atoms with Gasteiger partial charge in [0.05, 0.1) is 11.5 Å². The second-order valence-corrected chi connectivity index (χ2v) is 8.16. The fourth-order valence-electron chi connectivity index (χ4n) is 1.83. The van der Waals surface area contributed by atoms with E-state index in [1.807, 2.05) is 6.26 Å². The van der Waals surface area contributed by atoms with E-state index in [9.17, 15) is 13.2 Å². The number of hydrogen-bond acceptors (Lipinski definition) is 5. The number of thioether (sulfide) groups is 1. The van der Waals surface area contributed by atoms with Crippen LogP contribution in [0.15, 0.2) is 0 Å².